The van der Waals surface area contributed by atoms with Gasteiger partial charge in [0, 0.05) is 17.2 Å². The molecule has 0 amide bonds. The van der Waals surface area contributed by atoms with Crippen molar-refractivity contribution in [3.05, 3.63) is 30.0 Å². The number of methoxy groups -OCH3 is 1. The van der Waals surface area contributed by atoms with Crippen molar-refractivity contribution in [2.45, 2.75) is 19.0 Å². The van der Waals surface area contributed by atoms with Gasteiger partial charge in [0.1, 0.15) is 5.76 Å². The SMILES string of the molecule is COc1cccc2cc(CNC3CCSC3)oc12. The second-order valence-corrected chi connectivity index (χ2v) is 5.68. The minimum Gasteiger partial charge on any atom is -0.493 e. The fourth-order valence-corrected chi connectivity index (χ4v) is 3.46. The normalized spacial score (nSPS) is 19.5. The Morgan fingerprint density at radius 1 is 1.50 bits per heavy atom. The van der Waals surface area contributed by atoms with E-state index in [0.717, 1.165) is 29.0 Å². The van der Waals surface area contributed by atoms with Gasteiger partial charge in [0.05, 0.1) is 13.7 Å². The van der Waals surface area contributed by atoms with E-state index >= 15 is 0 Å². The largest absolute Gasteiger partial charge is 0.493 e. The Morgan fingerprint density at radius 3 is 3.22 bits per heavy atom. The summed E-state index contributed by atoms with van der Waals surface area (Å²) in [7, 11) is 1.67. The molecule has 1 aromatic heterocycles. The average molecular weight is 263 g/mol. The maximum atomic E-state index is 5.86. The van der Waals surface area contributed by atoms with E-state index < -0.39 is 0 Å². The standard InChI is InChI=1S/C14H17NO2S/c1-16-13-4-2-3-10-7-12(17-14(10)13)8-15-11-5-6-18-9-11/h2-4,7,11,15H,5-6,8-9H2,1H3. The van der Waals surface area contributed by atoms with Crippen LogP contribution in [-0.2, 0) is 6.54 Å². The maximum absolute atomic E-state index is 5.86. The van der Waals surface area contributed by atoms with Crippen molar-refractivity contribution in [2.75, 3.05) is 18.6 Å². The van der Waals surface area contributed by atoms with Crippen LogP contribution in [0, 0.1) is 0 Å². The predicted molar refractivity (Wildman–Crippen MR) is 75.3 cm³/mol. The number of fused-ring (bicyclic) bond motifs is 1. The molecular weight excluding hydrogens is 246 g/mol. The molecule has 1 N–H and O–H groups in total. The van der Waals surface area contributed by atoms with E-state index in [1.54, 1.807) is 7.11 Å². The van der Waals surface area contributed by atoms with Gasteiger partial charge in [-0.05, 0) is 24.3 Å². The topological polar surface area (TPSA) is 34.4 Å². The lowest BCUT2D eigenvalue weighted by atomic mass is 10.2. The molecule has 18 heavy (non-hydrogen) atoms. The van der Waals surface area contributed by atoms with Crippen molar-refractivity contribution < 1.29 is 9.15 Å². The van der Waals surface area contributed by atoms with Gasteiger partial charge in [-0.2, -0.15) is 11.8 Å². The summed E-state index contributed by atoms with van der Waals surface area (Å²) in [5.74, 6) is 4.26. The van der Waals surface area contributed by atoms with Crippen molar-refractivity contribution in [1.29, 1.82) is 0 Å². The van der Waals surface area contributed by atoms with Crippen molar-refractivity contribution >= 4 is 22.7 Å². The number of ether oxygens (including phenoxy) is 1. The number of rotatable bonds is 4. The zero-order chi connectivity index (χ0) is 12.4. The Hall–Kier alpha value is -1.13. The Labute approximate surface area is 111 Å². The molecule has 0 saturated carbocycles. The number of para-hydroxylation sites is 1. The van der Waals surface area contributed by atoms with Crippen molar-refractivity contribution in [1.82, 2.24) is 5.32 Å². The van der Waals surface area contributed by atoms with Gasteiger partial charge in [0.25, 0.3) is 0 Å². The highest BCUT2D eigenvalue weighted by molar-refractivity contribution is 7.99. The molecule has 2 heterocycles. The quantitative estimate of drug-likeness (QED) is 0.919. The van der Waals surface area contributed by atoms with Crippen LogP contribution in [0.2, 0.25) is 0 Å². The Kier molecular flexibility index (Phi) is 3.48. The highest BCUT2D eigenvalue weighted by Gasteiger charge is 2.15. The molecule has 96 valence electrons. The smallest absolute Gasteiger partial charge is 0.176 e. The summed E-state index contributed by atoms with van der Waals surface area (Å²) in [6.07, 6.45) is 1.26. The third-order valence-corrected chi connectivity index (χ3v) is 4.44. The van der Waals surface area contributed by atoms with Gasteiger partial charge in [-0.3, -0.25) is 0 Å². The van der Waals surface area contributed by atoms with Crippen LogP contribution in [0.5, 0.6) is 5.75 Å². The van der Waals surface area contributed by atoms with Gasteiger partial charge in [-0.15, -0.1) is 0 Å². The van der Waals surface area contributed by atoms with Crippen LogP contribution in [0.3, 0.4) is 0 Å². The molecule has 0 radical (unpaired) electrons. The lowest BCUT2D eigenvalue weighted by Crippen LogP contribution is -2.27. The lowest BCUT2D eigenvalue weighted by molar-refractivity contribution is 0.404. The van der Waals surface area contributed by atoms with Gasteiger partial charge in [-0.25, -0.2) is 0 Å². The number of benzene rings is 1. The van der Waals surface area contributed by atoms with Crippen molar-refractivity contribution in [3.63, 3.8) is 0 Å². The first-order valence-electron chi connectivity index (χ1n) is 6.23. The van der Waals surface area contributed by atoms with Crippen LogP contribution in [0.25, 0.3) is 11.0 Å². The molecule has 1 aromatic carbocycles. The van der Waals surface area contributed by atoms with Crippen LogP contribution >= 0.6 is 11.8 Å². The van der Waals surface area contributed by atoms with Crippen molar-refractivity contribution in [2.24, 2.45) is 0 Å². The molecule has 0 bridgehead atoms. The molecule has 1 aliphatic rings. The van der Waals surface area contributed by atoms with E-state index in [0.29, 0.717) is 6.04 Å². The lowest BCUT2D eigenvalue weighted by Gasteiger charge is -2.08. The number of thioether (sulfide) groups is 1. The van der Waals surface area contributed by atoms with E-state index in [-0.39, 0.29) is 0 Å². The first-order chi connectivity index (χ1) is 8.86. The summed E-state index contributed by atoms with van der Waals surface area (Å²) in [6, 6.07) is 8.69. The highest BCUT2D eigenvalue weighted by Crippen LogP contribution is 2.28. The summed E-state index contributed by atoms with van der Waals surface area (Å²) in [4.78, 5) is 0. The number of hydrogen-bond acceptors (Lipinski definition) is 4. The molecule has 1 fully saturated rings. The molecule has 1 atom stereocenters. The maximum Gasteiger partial charge on any atom is 0.176 e. The summed E-state index contributed by atoms with van der Waals surface area (Å²) >= 11 is 2.02. The van der Waals surface area contributed by atoms with Gasteiger partial charge in [-0.1, -0.05) is 12.1 Å². The fourth-order valence-electron chi connectivity index (χ4n) is 2.28. The summed E-state index contributed by atoms with van der Waals surface area (Å²) in [6.45, 7) is 0.795. The molecule has 3 rings (SSSR count). The van der Waals surface area contributed by atoms with Crippen molar-refractivity contribution in [3.8, 4) is 5.75 Å². The third-order valence-electron chi connectivity index (χ3n) is 3.27. The minimum absolute atomic E-state index is 0.630. The molecule has 0 spiro atoms. The average Bonchev–Trinajstić information content (AvgIpc) is 3.04. The first-order valence-corrected chi connectivity index (χ1v) is 7.39. The highest BCUT2D eigenvalue weighted by atomic mass is 32.2. The zero-order valence-corrected chi connectivity index (χ0v) is 11.3. The summed E-state index contributed by atoms with van der Waals surface area (Å²) in [5.41, 5.74) is 0.845. The Bertz CT molecular complexity index is 532. The molecule has 1 saturated heterocycles. The molecule has 1 unspecified atom stereocenters. The summed E-state index contributed by atoms with van der Waals surface area (Å²) < 4.78 is 11.2. The third kappa shape index (κ3) is 2.35. The first kappa shape index (κ1) is 11.9. The van der Waals surface area contributed by atoms with Gasteiger partial charge >= 0.3 is 0 Å². The second kappa shape index (κ2) is 5.24. The molecule has 0 aliphatic carbocycles. The summed E-state index contributed by atoms with van der Waals surface area (Å²) in [5, 5.41) is 4.64. The van der Waals surface area contributed by atoms with Crippen LogP contribution in [0.15, 0.2) is 28.7 Å². The molecule has 2 aromatic rings. The van der Waals surface area contributed by atoms with Gasteiger partial charge < -0.3 is 14.5 Å². The minimum atomic E-state index is 0.630. The van der Waals surface area contributed by atoms with E-state index in [2.05, 4.69) is 17.4 Å². The number of nitrogens with one attached hydrogen (secondary N) is 1. The van der Waals surface area contributed by atoms with Crippen LogP contribution < -0.4 is 10.1 Å². The van der Waals surface area contributed by atoms with Gasteiger partial charge in [0.2, 0.25) is 0 Å². The fraction of sp³-hybridized carbons (Fsp3) is 0.429. The molecule has 4 heteroatoms. The van der Waals surface area contributed by atoms with E-state index in [9.17, 15) is 0 Å². The van der Waals surface area contributed by atoms with Crippen LogP contribution in [0.4, 0.5) is 0 Å². The van der Waals surface area contributed by atoms with Crippen LogP contribution in [0.1, 0.15) is 12.2 Å². The zero-order valence-electron chi connectivity index (χ0n) is 10.4. The predicted octanol–water partition coefficient (Wildman–Crippen LogP) is 3.04. The van der Waals surface area contributed by atoms with Gasteiger partial charge in [0.15, 0.2) is 11.3 Å². The monoisotopic (exact) mass is 263 g/mol. The number of furan rings is 1. The molecular formula is C14H17NO2S. The van der Waals surface area contributed by atoms with E-state index in [1.165, 1.54) is 17.9 Å². The Balaban J connectivity index is 1.76. The van der Waals surface area contributed by atoms with Crippen LogP contribution in [-0.4, -0.2) is 24.7 Å². The number of hydrogen-bond donors (Lipinski definition) is 1. The second-order valence-electron chi connectivity index (χ2n) is 4.53. The molecule has 3 nitrogen and oxygen atoms in total. The van der Waals surface area contributed by atoms with E-state index in [1.807, 2.05) is 23.9 Å². The Morgan fingerprint density at radius 2 is 2.44 bits per heavy atom. The van der Waals surface area contributed by atoms with E-state index in [4.69, 9.17) is 9.15 Å². The molecule has 1 aliphatic heterocycles.